The smallest absolute Gasteiger partial charge is 0.125 e. The van der Waals surface area contributed by atoms with Gasteiger partial charge in [0.15, 0.2) is 0 Å². The highest BCUT2D eigenvalue weighted by molar-refractivity contribution is 5.51. The number of rotatable bonds is 2. The molecule has 0 radical (unpaired) electrons. The maximum absolute atomic E-state index is 13.1. The predicted octanol–water partition coefficient (Wildman–Crippen LogP) is 4.12. The first-order valence-corrected chi connectivity index (χ1v) is 5.99. The summed E-state index contributed by atoms with van der Waals surface area (Å²) in [7, 11) is 0. The Morgan fingerprint density at radius 1 is 1.38 bits per heavy atom. The van der Waals surface area contributed by atoms with Gasteiger partial charge in [-0.2, -0.15) is 0 Å². The summed E-state index contributed by atoms with van der Waals surface area (Å²) in [5, 5.41) is 3.47. The third-order valence-electron chi connectivity index (χ3n) is 3.53. The van der Waals surface area contributed by atoms with Gasteiger partial charge in [-0.1, -0.05) is 19.9 Å². The second-order valence-corrected chi connectivity index (χ2v) is 5.71. The van der Waals surface area contributed by atoms with Crippen LogP contribution in [0.25, 0.3) is 0 Å². The fourth-order valence-electron chi connectivity index (χ4n) is 2.53. The molecule has 1 nitrogen and oxygen atoms in total. The molecule has 0 aliphatic heterocycles. The van der Waals surface area contributed by atoms with Crippen molar-refractivity contribution >= 4 is 5.69 Å². The second kappa shape index (κ2) is 4.08. The molecule has 2 rings (SSSR count). The summed E-state index contributed by atoms with van der Waals surface area (Å²) in [4.78, 5) is 0. The van der Waals surface area contributed by atoms with E-state index in [9.17, 15) is 4.39 Å². The summed E-state index contributed by atoms with van der Waals surface area (Å²) < 4.78 is 13.1. The van der Waals surface area contributed by atoms with Crippen LogP contribution in [0.4, 0.5) is 10.1 Å². The lowest BCUT2D eigenvalue weighted by Gasteiger charge is -2.19. The van der Waals surface area contributed by atoms with E-state index in [0.717, 1.165) is 11.3 Å². The van der Waals surface area contributed by atoms with Crippen LogP contribution in [0, 0.1) is 18.2 Å². The summed E-state index contributed by atoms with van der Waals surface area (Å²) in [6.45, 7) is 6.61. The van der Waals surface area contributed by atoms with Gasteiger partial charge in [0.1, 0.15) is 5.82 Å². The highest BCUT2D eigenvalue weighted by Gasteiger charge is 2.30. The van der Waals surface area contributed by atoms with Crippen LogP contribution in [-0.2, 0) is 0 Å². The Hall–Kier alpha value is -1.05. The Kier molecular flexibility index (Phi) is 2.92. The molecule has 2 heteroatoms. The van der Waals surface area contributed by atoms with Gasteiger partial charge in [-0.3, -0.25) is 0 Å². The van der Waals surface area contributed by atoms with Gasteiger partial charge < -0.3 is 5.32 Å². The van der Waals surface area contributed by atoms with Crippen molar-refractivity contribution in [1.82, 2.24) is 0 Å². The van der Waals surface area contributed by atoms with Crippen molar-refractivity contribution in [2.24, 2.45) is 5.41 Å². The fraction of sp³-hybridized carbons (Fsp3) is 0.571. The molecule has 88 valence electrons. The van der Waals surface area contributed by atoms with E-state index in [1.165, 1.54) is 25.3 Å². The monoisotopic (exact) mass is 221 g/mol. The van der Waals surface area contributed by atoms with E-state index in [0.29, 0.717) is 11.5 Å². The first-order valence-electron chi connectivity index (χ1n) is 5.99. The Morgan fingerprint density at radius 3 is 2.75 bits per heavy atom. The van der Waals surface area contributed by atoms with Gasteiger partial charge in [0.05, 0.1) is 0 Å². The molecule has 0 saturated heterocycles. The molecule has 0 aromatic heterocycles. The van der Waals surface area contributed by atoms with E-state index >= 15 is 0 Å². The molecule has 16 heavy (non-hydrogen) atoms. The van der Waals surface area contributed by atoms with Crippen LogP contribution in [0.3, 0.4) is 0 Å². The number of nitrogens with one attached hydrogen (secondary N) is 1. The SMILES string of the molecule is Cc1ccc(F)cc1NC1CCC(C)(C)C1. The van der Waals surface area contributed by atoms with Crippen LogP contribution in [-0.4, -0.2) is 6.04 Å². The maximum atomic E-state index is 13.1. The number of hydrogen-bond donors (Lipinski definition) is 1. The van der Waals surface area contributed by atoms with Gasteiger partial charge in [0, 0.05) is 11.7 Å². The van der Waals surface area contributed by atoms with Crippen LogP contribution in [0.5, 0.6) is 0 Å². The molecule has 0 bridgehead atoms. The van der Waals surface area contributed by atoms with Crippen LogP contribution in [0.2, 0.25) is 0 Å². The zero-order valence-electron chi connectivity index (χ0n) is 10.3. The molecule has 1 aliphatic rings. The number of benzene rings is 1. The quantitative estimate of drug-likeness (QED) is 0.792. The minimum atomic E-state index is -0.162. The van der Waals surface area contributed by atoms with Crippen molar-refractivity contribution in [2.45, 2.75) is 46.1 Å². The standard InChI is InChI=1S/C14H20FN/c1-10-4-5-11(15)8-13(10)16-12-6-7-14(2,3)9-12/h4-5,8,12,16H,6-7,9H2,1-3H3. The largest absolute Gasteiger partial charge is 0.382 e. The summed E-state index contributed by atoms with van der Waals surface area (Å²) in [6, 6.07) is 5.44. The van der Waals surface area contributed by atoms with E-state index in [4.69, 9.17) is 0 Å². The predicted molar refractivity (Wildman–Crippen MR) is 66.2 cm³/mol. The molecule has 1 unspecified atom stereocenters. The van der Waals surface area contributed by atoms with Crippen LogP contribution in [0.1, 0.15) is 38.7 Å². The van der Waals surface area contributed by atoms with Crippen molar-refractivity contribution < 1.29 is 4.39 Å². The average Bonchev–Trinajstić information content (AvgIpc) is 2.52. The minimum absolute atomic E-state index is 0.162. The second-order valence-electron chi connectivity index (χ2n) is 5.71. The summed E-state index contributed by atoms with van der Waals surface area (Å²) in [6.07, 6.45) is 3.60. The zero-order valence-corrected chi connectivity index (χ0v) is 10.3. The van der Waals surface area contributed by atoms with Gasteiger partial charge in [-0.15, -0.1) is 0 Å². The van der Waals surface area contributed by atoms with Crippen molar-refractivity contribution in [3.05, 3.63) is 29.6 Å². The molecule has 1 fully saturated rings. The highest BCUT2D eigenvalue weighted by atomic mass is 19.1. The Labute approximate surface area is 97.1 Å². The molecule has 1 saturated carbocycles. The fourth-order valence-corrected chi connectivity index (χ4v) is 2.53. The van der Waals surface area contributed by atoms with Gasteiger partial charge in [0.2, 0.25) is 0 Å². The van der Waals surface area contributed by atoms with Crippen molar-refractivity contribution in [2.75, 3.05) is 5.32 Å². The summed E-state index contributed by atoms with van der Waals surface area (Å²) >= 11 is 0. The van der Waals surface area contributed by atoms with Crippen molar-refractivity contribution in [3.8, 4) is 0 Å². The molecular weight excluding hydrogens is 201 g/mol. The zero-order chi connectivity index (χ0) is 11.8. The summed E-state index contributed by atoms with van der Waals surface area (Å²) in [5.41, 5.74) is 2.49. The molecule has 1 atom stereocenters. The van der Waals surface area contributed by atoms with Gasteiger partial charge in [0.25, 0.3) is 0 Å². The molecule has 1 aromatic carbocycles. The van der Waals surface area contributed by atoms with Crippen LogP contribution < -0.4 is 5.32 Å². The van der Waals surface area contributed by atoms with Crippen molar-refractivity contribution in [1.29, 1.82) is 0 Å². The normalized spacial score (nSPS) is 23.4. The number of aryl methyl sites for hydroxylation is 1. The maximum Gasteiger partial charge on any atom is 0.125 e. The molecule has 0 spiro atoms. The van der Waals surface area contributed by atoms with E-state index < -0.39 is 0 Å². The lowest BCUT2D eigenvalue weighted by atomic mass is 9.92. The van der Waals surface area contributed by atoms with E-state index in [-0.39, 0.29) is 5.82 Å². The lowest BCUT2D eigenvalue weighted by molar-refractivity contribution is 0.378. The lowest BCUT2D eigenvalue weighted by Crippen LogP contribution is -2.18. The molecule has 0 amide bonds. The highest BCUT2D eigenvalue weighted by Crippen LogP contribution is 2.38. The van der Waals surface area contributed by atoms with Gasteiger partial charge in [-0.25, -0.2) is 4.39 Å². The Balaban J connectivity index is 2.07. The molecular formula is C14H20FN. The topological polar surface area (TPSA) is 12.0 Å². The van der Waals surface area contributed by atoms with E-state index in [1.807, 2.05) is 13.0 Å². The molecule has 1 aromatic rings. The molecule has 1 N–H and O–H groups in total. The van der Waals surface area contributed by atoms with Gasteiger partial charge >= 0.3 is 0 Å². The van der Waals surface area contributed by atoms with Crippen LogP contribution in [0.15, 0.2) is 18.2 Å². The third kappa shape index (κ3) is 2.55. The van der Waals surface area contributed by atoms with Crippen molar-refractivity contribution in [3.63, 3.8) is 0 Å². The Morgan fingerprint density at radius 2 is 2.12 bits per heavy atom. The van der Waals surface area contributed by atoms with E-state index in [1.54, 1.807) is 6.07 Å². The average molecular weight is 221 g/mol. The molecule has 1 aliphatic carbocycles. The first kappa shape index (κ1) is 11.4. The number of anilines is 1. The minimum Gasteiger partial charge on any atom is -0.382 e. The molecule has 0 heterocycles. The van der Waals surface area contributed by atoms with E-state index in [2.05, 4.69) is 19.2 Å². The Bertz CT molecular complexity index is 384. The first-order chi connectivity index (χ1) is 7.46. The number of halogens is 1. The van der Waals surface area contributed by atoms with Crippen LogP contribution >= 0.6 is 0 Å². The van der Waals surface area contributed by atoms with Gasteiger partial charge in [-0.05, 0) is 49.3 Å². The third-order valence-corrected chi connectivity index (χ3v) is 3.53. The summed E-state index contributed by atoms with van der Waals surface area (Å²) in [5.74, 6) is -0.162. The number of hydrogen-bond acceptors (Lipinski definition) is 1.